The highest BCUT2D eigenvalue weighted by atomic mass is 35.5. The van der Waals surface area contributed by atoms with Crippen molar-refractivity contribution in [3.8, 4) is 0 Å². The molecule has 8 heteroatoms. The fourth-order valence-corrected chi connectivity index (χ4v) is 4.21. The number of carbonyl (C=O) groups is 1. The Kier molecular flexibility index (Phi) is 7.35. The molecule has 0 radical (unpaired) electrons. The van der Waals surface area contributed by atoms with Crippen molar-refractivity contribution in [3.05, 3.63) is 101 Å². The van der Waals surface area contributed by atoms with E-state index in [9.17, 15) is 13.2 Å². The second-order valence-electron chi connectivity index (χ2n) is 6.42. The van der Waals surface area contributed by atoms with Crippen LogP contribution in [0, 0.1) is 0 Å². The summed E-state index contributed by atoms with van der Waals surface area (Å²) >= 11 is 5.91. The van der Waals surface area contributed by atoms with Gasteiger partial charge in [-0.15, -0.1) is 0 Å². The third-order valence-electron chi connectivity index (χ3n) is 4.18. The van der Waals surface area contributed by atoms with Gasteiger partial charge in [0.15, 0.2) is 0 Å². The maximum Gasteiger partial charge on any atom is 0.255 e. The summed E-state index contributed by atoms with van der Waals surface area (Å²) in [4.78, 5) is 12.5. The van der Waals surface area contributed by atoms with Gasteiger partial charge in [-0.25, -0.2) is 13.8 Å². The summed E-state index contributed by atoms with van der Waals surface area (Å²) in [6.45, 7) is -0.365. The molecule has 0 bridgehead atoms. The Bertz CT molecular complexity index is 1100. The second-order valence-corrected chi connectivity index (χ2v) is 8.79. The van der Waals surface area contributed by atoms with Crippen molar-refractivity contribution in [1.29, 1.82) is 0 Å². The maximum atomic E-state index is 13.1. The molecule has 3 rings (SSSR count). The normalized spacial score (nSPS) is 11.7. The van der Waals surface area contributed by atoms with Crippen molar-refractivity contribution in [1.82, 2.24) is 9.73 Å². The molecule has 0 saturated heterocycles. The standard InChI is InChI=1S/C22H20ClN3O3S/c23-20-13-11-19(12-14-20)16-26(30(28,29)21-9-5-2-6-10-21)17-22(27)25-24-15-18-7-3-1-4-8-18/h1-15H,16-17H2,(H,25,27). The third-order valence-corrected chi connectivity index (χ3v) is 6.23. The number of benzene rings is 3. The molecular weight excluding hydrogens is 422 g/mol. The van der Waals surface area contributed by atoms with E-state index in [4.69, 9.17) is 11.6 Å². The van der Waals surface area contributed by atoms with Crippen LogP contribution in [0.25, 0.3) is 0 Å². The molecule has 30 heavy (non-hydrogen) atoms. The summed E-state index contributed by atoms with van der Waals surface area (Å²) in [5, 5.41) is 4.45. The van der Waals surface area contributed by atoms with Crippen molar-refractivity contribution in [2.75, 3.05) is 6.54 Å². The summed E-state index contributed by atoms with van der Waals surface area (Å²) in [5.41, 5.74) is 3.90. The zero-order valence-corrected chi connectivity index (χ0v) is 17.6. The van der Waals surface area contributed by atoms with Crippen LogP contribution in [-0.4, -0.2) is 31.4 Å². The summed E-state index contributed by atoms with van der Waals surface area (Å²) < 4.78 is 27.3. The zero-order valence-electron chi connectivity index (χ0n) is 16.0. The van der Waals surface area contributed by atoms with Crippen LogP contribution in [-0.2, 0) is 21.4 Å². The molecule has 1 N–H and O–H groups in total. The molecule has 0 saturated carbocycles. The second kappa shape index (κ2) is 10.2. The number of hydrazone groups is 1. The summed E-state index contributed by atoms with van der Waals surface area (Å²) in [5.74, 6) is -0.546. The van der Waals surface area contributed by atoms with Gasteiger partial charge in [0.05, 0.1) is 17.7 Å². The predicted octanol–water partition coefficient (Wildman–Crippen LogP) is 3.68. The van der Waals surface area contributed by atoms with Crippen molar-refractivity contribution in [2.24, 2.45) is 5.10 Å². The lowest BCUT2D eigenvalue weighted by Gasteiger charge is -2.21. The quantitative estimate of drug-likeness (QED) is 0.427. The fourth-order valence-electron chi connectivity index (χ4n) is 2.67. The van der Waals surface area contributed by atoms with Gasteiger partial charge in [0.25, 0.3) is 5.91 Å². The van der Waals surface area contributed by atoms with Crippen LogP contribution in [0.15, 0.2) is 94.9 Å². The molecule has 0 unspecified atom stereocenters. The van der Waals surface area contributed by atoms with Crippen molar-refractivity contribution in [2.45, 2.75) is 11.4 Å². The third kappa shape index (κ3) is 6.00. The number of hydrogen-bond donors (Lipinski definition) is 1. The Hall–Kier alpha value is -3.00. The first-order valence-electron chi connectivity index (χ1n) is 9.12. The number of halogens is 1. The lowest BCUT2D eigenvalue weighted by atomic mass is 10.2. The van der Waals surface area contributed by atoms with E-state index in [0.29, 0.717) is 10.6 Å². The molecule has 0 fully saturated rings. The molecular formula is C22H20ClN3O3S. The average Bonchev–Trinajstić information content (AvgIpc) is 2.76. The van der Waals surface area contributed by atoms with Gasteiger partial charge in [0.2, 0.25) is 10.0 Å². The monoisotopic (exact) mass is 441 g/mol. The van der Waals surface area contributed by atoms with E-state index in [1.165, 1.54) is 18.3 Å². The summed E-state index contributed by atoms with van der Waals surface area (Å²) in [7, 11) is -3.89. The zero-order chi connectivity index (χ0) is 21.4. The Labute approximate surface area is 180 Å². The van der Waals surface area contributed by atoms with Crippen molar-refractivity contribution < 1.29 is 13.2 Å². The van der Waals surface area contributed by atoms with Gasteiger partial charge in [-0.2, -0.15) is 9.41 Å². The molecule has 0 spiro atoms. The van der Waals surface area contributed by atoms with Gasteiger partial charge in [-0.1, -0.05) is 72.3 Å². The first-order chi connectivity index (χ1) is 14.4. The van der Waals surface area contributed by atoms with Crippen LogP contribution < -0.4 is 5.43 Å². The molecule has 0 heterocycles. The van der Waals surface area contributed by atoms with Gasteiger partial charge >= 0.3 is 0 Å². The van der Waals surface area contributed by atoms with E-state index in [-0.39, 0.29) is 18.0 Å². The lowest BCUT2D eigenvalue weighted by Crippen LogP contribution is -2.39. The number of amides is 1. The highest BCUT2D eigenvalue weighted by molar-refractivity contribution is 7.89. The largest absolute Gasteiger partial charge is 0.272 e. The maximum absolute atomic E-state index is 13.1. The number of rotatable bonds is 8. The van der Waals surface area contributed by atoms with E-state index < -0.39 is 15.9 Å². The first kappa shape index (κ1) is 21.7. The van der Waals surface area contributed by atoms with Crippen molar-refractivity contribution in [3.63, 3.8) is 0 Å². The van der Waals surface area contributed by atoms with E-state index >= 15 is 0 Å². The first-order valence-corrected chi connectivity index (χ1v) is 10.9. The topological polar surface area (TPSA) is 78.8 Å². The summed E-state index contributed by atoms with van der Waals surface area (Å²) in [6, 6.07) is 24.0. The summed E-state index contributed by atoms with van der Waals surface area (Å²) in [6.07, 6.45) is 1.49. The fraction of sp³-hybridized carbons (Fsp3) is 0.0909. The number of nitrogens with one attached hydrogen (secondary N) is 1. The number of carbonyl (C=O) groups excluding carboxylic acids is 1. The Morgan fingerprint density at radius 3 is 2.17 bits per heavy atom. The number of hydrogen-bond acceptors (Lipinski definition) is 4. The van der Waals surface area contributed by atoms with Crippen LogP contribution in [0.3, 0.4) is 0 Å². The Morgan fingerprint density at radius 2 is 1.53 bits per heavy atom. The Balaban J connectivity index is 1.77. The number of sulfonamides is 1. The molecule has 6 nitrogen and oxygen atoms in total. The van der Waals surface area contributed by atoms with Crippen LogP contribution in [0.4, 0.5) is 0 Å². The molecule has 0 aliphatic carbocycles. The van der Waals surface area contributed by atoms with Crippen LogP contribution in [0.2, 0.25) is 5.02 Å². The highest BCUT2D eigenvalue weighted by Crippen LogP contribution is 2.19. The van der Waals surface area contributed by atoms with Crippen LogP contribution >= 0.6 is 11.6 Å². The molecule has 3 aromatic carbocycles. The molecule has 0 aliphatic heterocycles. The number of nitrogens with zero attached hydrogens (tertiary/aromatic N) is 2. The minimum absolute atomic E-state index is 0.0181. The molecule has 154 valence electrons. The van der Waals surface area contributed by atoms with Gasteiger partial charge in [0.1, 0.15) is 0 Å². The van der Waals surface area contributed by atoms with E-state index in [0.717, 1.165) is 9.87 Å². The predicted molar refractivity (Wildman–Crippen MR) is 118 cm³/mol. The molecule has 1 amide bonds. The van der Waals surface area contributed by atoms with E-state index in [1.807, 2.05) is 30.3 Å². The molecule has 3 aromatic rings. The van der Waals surface area contributed by atoms with Gasteiger partial charge in [-0.05, 0) is 35.4 Å². The molecule has 0 aliphatic rings. The van der Waals surface area contributed by atoms with Crippen molar-refractivity contribution >= 4 is 33.7 Å². The van der Waals surface area contributed by atoms with Gasteiger partial charge in [-0.3, -0.25) is 4.79 Å². The Morgan fingerprint density at radius 1 is 0.933 bits per heavy atom. The molecule has 0 aromatic heterocycles. The van der Waals surface area contributed by atoms with E-state index in [1.54, 1.807) is 42.5 Å². The minimum atomic E-state index is -3.89. The highest BCUT2D eigenvalue weighted by Gasteiger charge is 2.26. The average molecular weight is 442 g/mol. The molecule has 0 atom stereocenters. The van der Waals surface area contributed by atoms with Crippen LogP contribution in [0.1, 0.15) is 11.1 Å². The minimum Gasteiger partial charge on any atom is -0.272 e. The van der Waals surface area contributed by atoms with E-state index in [2.05, 4.69) is 10.5 Å². The smallest absolute Gasteiger partial charge is 0.255 e. The van der Waals surface area contributed by atoms with Gasteiger partial charge in [0, 0.05) is 11.6 Å². The SMILES string of the molecule is O=C(CN(Cc1ccc(Cl)cc1)S(=O)(=O)c1ccccc1)NN=Cc1ccccc1. The van der Waals surface area contributed by atoms with Gasteiger partial charge < -0.3 is 0 Å². The lowest BCUT2D eigenvalue weighted by molar-refractivity contribution is -0.121. The van der Waals surface area contributed by atoms with Crippen LogP contribution in [0.5, 0.6) is 0 Å².